The first kappa shape index (κ1) is 20.0. The molecule has 0 aromatic heterocycles. The van der Waals surface area contributed by atoms with Gasteiger partial charge in [-0.1, -0.05) is 35.9 Å². The van der Waals surface area contributed by atoms with Crippen LogP contribution in [0.2, 0.25) is 5.02 Å². The minimum absolute atomic E-state index is 0.284. The highest BCUT2D eigenvalue weighted by molar-refractivity contribution is 14.1. The maximum atomic E-state index is 12.8. The minimum Gasteiger partial charge on any atom is -0.486 e. The molecular weight excluding hydrogens is 505 g/mol. The number of aliphatic hydroxyl groups is 1. The van der Waals surface area contributed by atoms with Gasteiger partial charge in [0.15, 0.2) is 11.5 Å². The summed E-state index contributed by atoms with van der Waals surface area (Å²) in [5, 5.41) is 14.4. The number of rotatable bonds is 4. The number of amides is 1. The molecule has 0 saturated heterocycles. The third-order valence-corrected chi connectivity index (χ3v) is 5.56. The molecule has 0 bridgehead atoms. The average Bonchev–Trinajstić information content (AvgIpc) is 2.73. The summed E-state index contributed by atoms with van der Waals surface area (Å²) in [6.45, 7) is 0.840. The van der Waals surface area contributed by atoms with Crippen molar-refractivity contribution in [2.24, 2.45) is 0 Å². The van der Waals surface area contributed by atoms with Crippen molar-refractivity contribution < 1.29 is 19.4 Å². The molecule has 3 aromatic rings. The fraction of sp³-hybridized carbons (Fsp3) is 0.136. The molecule has 0 fully saturated rings. The molecule has 3 aromatic carbocycles. The normalized spacial score (nSPS) is 13.6. The maximum Gasteiger partial charge on any atom is 0.255 e. The van der Waals surface area contributed by atoms with Crippen LogP contribution < -0.4 is 14.8 Å². The van der Waals surface area contributed by atoms with Crippen LogP contribution in [0.1, 0.15) is 27.6 Å². The van der Waals surface area contributed by atoms with Crippen LogP contribution in [-0.4, -0.2) is 24.2 Å². The summed E-state index contributed by atoms with van der Waals surface area (Å²) in [4.78, 5) is 12.8. The van der Waals surface area contributed by atoms with E-state index in [0.717, 1.165) is 3.57 Å². The van der Waals surface area contributed by atoms with Gasteiger partial charge in [0.05, 0.1) is 5.69 Å². The topological polar surface area (TPSA) is 67.8 Å². The minimum atomic E-state index is -1.05. The highest BCUT2D eigenvalue weighted by atomic mass is 127. The third kappa shape index (κ3) is 4.34. The molecule has 1 atom stereocenters. The van der Waals surface area contributed by atoms with Crippen molar-refractivity contribution in [3.63, 3.8) is 0 Å². The van der Waals surface area contributed by atoms with Crippen molar-refractivity contribution in [3.05, 3.63) is 85.9 Å². The molecular formula is C22H17ClINO4. The number of benzene rings is 3. The van der Waals surface area contributed by atoms with Crippen LogP contribution in [0.25, 0.3) is 0 Å². The summed E-state index contributed by atoms with van der Waals surface area (Å²) in [7, 11) is 0. The Hall–Kier alpha value is -2.29. The van der Waals surface area contributed by atoms with Gasteiger partial charge < -0.3 is 19.9 Å². The smallest absolute Gasteiger partial charge is 0.255 e. The Morgan fingerprint density at radius 1 is 1.00 bits per heavy atom. The Labute approximate surface area is 186 Å². The van der Waals surface area contributed by atoms with E-state index in [1.165, 1.54) is 0 Å². The van der Waals surface area contributed by atoms with E-state index in [9.17, 15) is 9.90 Å². The molecule has 7 heteroatoms. The molecule has 2 N–H and O–H groups in total. The van der Waals surface area contributed by atoms with Crippen LogP contribution >= 0.6 is 34.2 Å². The summed E-state index contributed by atoms with van der Waals surface area (Å²) in [6.07, 6.45) is -1.05. The van der Waals surface area contributed by atoms with Gasteiger partial charge in [0.25, 0.3) is 5.91 Å². The lowest BCUT2D eigenvalue weighted by Crippen LogP contribution is -2.19. The number of aliphatic hydroxyl groups excluding tert-OH is 1. The van der Waals surface area contributed by atoms with Crippen LogP contribution in [0.4, 0.5) is 5.69 Å². The monoisotopic (exact) mass is 521 g/mol. The summed E-state index contributed by atoms with van der Waals surface area (Å²) >= 11 is 8.44. The molecule has 0 aliphatic carbocycles. The second kappa shape index (κ2) is 8.61. The number of ether oxygens (including phenoxy) is 2. The van der Waals surface area contributed by atoms with E-state index in [2.05, 4.69) is 27.9 Å². The number of hydrogen-bond acceptors (Lipinski definition) is 4. The molecule has 0 spiro atoms. The number of carbonyl (C=O) groups excluding carboxylic acids is 1. The van der Waals surface area contributed by atoms with Gasteiger partial charge in [0.1, 0.15) is 19.3 Å². The van der Waals surface area contributed by atoms with Crippen LogP contribution in [0.15, 0.2) is 60.7 Å². The van der Waals surface area contributed by atoms with Gasteiger partial charge in [-0.15, -0.1) is 0 Å². The number of anilines is 1. The van der Waals surface area contributed by atoms with Gasteiger partial charge in [-0.2, -0.15) is 0 Å². The summed E-state index contributed by atoms with van der Waals surface area (Å²) in [5.74, 6) is 0.752. The second-order valence-electron chi connectivity index (χ2n) is 6.47. The predicted molar refractivity (Wildman–Crippen MR) is 120 cm³/mol. The Morgan fingerprint density at radius 3 is 2.45 bits per heavy atom. The fourth-order valence-electron chi connectivity index (χ4n) is 3.13. The Morgan fingerprint density at radius 2 is 1.72 bits per heavy atom. The lowest BCUT2D eigenvalue weighted by Gasteiger charge is -2.24. The number of nitrogens with one attached hydrogen (secondary N) is 1. The molecule has 1 amide bonds. The predicted octanol–water partition coefficient (Wildman–Crippen LogP) is 5.05. The van der Waals surface area contributed by atoms with Crippen LogP contribution in [0.3, 0.4) is 0 Å². The standard InChI is InChI=1S/C22H17ClINO4/c23-17-7-2-1-6-15(17)21(26)16-11-19-20(29-9-8-28-19)12-18(16)25-22(27)13-4-3-5-14(24)10-13/h1-7,10-12,21,26H,8-9H2,(H,25,27)/t21-/m1/s1. The van der Waals surface area contributed by atoms with E-state index in [4.69, 9.17) is 21.1 Å². The van der Waals surface area contributed by atoms with Crippen LogP contribution in [0.5, 0.6) is 11.5 Å². The van der Waals surface area contributed by atoms with E-state index >= 15 is 0 Å². The number of hydrogen-bond donors (Lipinski definition) is 2. The van der Waals surface area contributed by atoms with Crippen LogP contribution in [-0.2, 0) is 0 Å². The van der Waals surface area contributed by atoms with Gasteiger partial charge in [-0.05, 0) is 52.9 Å². The van der Waals surface area contributed by atoms with Gasteiger partial charge in [-0.3, -0.25) is 4.79 Å². The number of fused-ring (bicyclic) bond motifs is 1. The third-order valence-electron chi connectivity index (χ3n) is 4.54. The number of halogens is 2. The van der Waals surface area contributed by atoms with Crippen molar-refractivity contribution in [1.29, 1.82) is 0 Å². The largest absolute Gasteiger partial charge is 0.486 e. The Balaban J connectivity index is 1.75. The Bertz CT molecular complexity index is 1070. The molecule has 148 valence electrons. The molecule has 0 radical (unpaired) electrons. The zero-order valence-corrected chi connectivity index (χ0v) is 18.1. The molecule has 4 rings (SSSR count). The summed E-state index contributed by atoms with van der Waals surface area (Å²) in [5.41, 5.74) is 1.97. The van der Waals surface area contributed by atoms with E-state index in [1.54, 1.807) is 48.5 Å². The highest BCUT2D eigenvalue weighted by Gasteiger charge is 2.23. The molecule has 1 aliphatic heterocycles. The molecule has 0 saturated carbocycles. The highest BCUT2D eigenvalue weighted by Crippen LogP contribution is 2.41. The van der Waals surface area contributed by atoms with E-state index in [1.807, 2.05) is 12.1 Å². The van der Waals surface area contributed by atoms with Crippen molar-refractivity contribution >= 4 is 45.8 Å². The van der Waals surface area contributed by atoms with Crippen molar-refractivity contribution in [2.75, 3.05) is 18.5 Å². The maximum absolute atomic E-state index is 12.8. The van der Waals surface area contributed by atoms with Gasteiger partial charge in [-0.25, -0.2) is 0 Å². The lowest BCUT2D eigenvalue weighted by molar-refractivity contribution is 0.102. The zero-order valence-electron chi connectivity index (χ0n) is 15.2. The fourth-order valence-corrected chi connectivity index (χ4v) is 3.91. The summed E-state index contributed by atoms with van der Waals surface area (Å²) in [6, 6.07) is 17.7. The van der Waals surface area contributed by atoms with Gasteiger partial charge in [0, 0.05) is 31.3 Å². The van der Waals surface area contributed by atoms with E-state index < -0.39 is 6.10 Å². The molecule has 1 aliphatic rings. The second-order valence-corrected chi connectivity index (χ2v) is 8.12. The first-order chi connectivity index (χ1) is 14.0. The number of carbonyl (C=O) groups is 1. The first-order valence-corrected chi connectivity index (χ1v) is 10.4. The van der Waals surface area contributed by atoms with Crippen molar-refractivity contribution in [1.82, 2.24) is 0 Å². The lowest BCUT2D eigenvalue weighted by atomic mass is 9.98. The quantitative estimate of drug-likeness (QED) is 0.472. The average molecular weight is 522 g/mol. The Kier molecular flexibility index (Phi) is 5.94. The summed E-state index contributed by atoms with van der Waals surface area (Å²) < 4.78 is 12.3. The van der Waals surface area contributed by atoms with Gasteiger partial charge >= 0.3 is 0 Å². The van der Waals surface area contributed by atoms with Gasteiger partial charge in [0.2, 0.25) is 0 Å². The molecule has 0 unspecified atom stereocenters. The first-order valence-electron chi connectivity index (χ1n) is 8.96. The molecule has 5 nitrogen and oxygen atoms in total. The zero-order chi connectivity index (χ0) is 20.4. The van der Waals surface area contributed by atoms with E-state index in [0.29, 0.717) is 52.1 Å². The van der Waals surface area contributed by atoms with E-state index in [-0.39, 0.29) is 5.91 Å². The SMILES string of the molecule is O=C(Nc1cc2c(cc1[C@H](O)c1ccccc1Cl)OCCO2)c1cccc(I)c1. The van der Waals surface area contributed by atoms with Crippen LogP contribution in [0, 0.1) is 3.57 Å². The van der Waals surface area contributed by atoms with Crippen molar-refractivity contribution in [2.45, 2.75) is 6.10 Å². The molecule has 1 heterocycles. The van der Waals surface area contributed by atoms with Crippen molar-refractivity contribution in [3.8, 4) is 11.5 Å². The molecule has 29 heavy (non-hydrogen) atoms.